The summed E-state index contributed by atoms with van der Waals surface area (Å²) in [5.74, 6) is 0.905. The van der Waals surface area contributed by atoms with E-state index in [1.165, 1.54) is 12.8 Å². The van der Waals surface area contributed by atoms with E-state index in [0.717, 1.165) is 19.0 Å². The molecule has 2 rings (SSSR count). The van der Waals surface area contributed by atoms with Crippen molar-refractivity contribution >= 4 is 29.0 Å². The van der Waals surface area contributed by atoms with E-state index < -0.39 is 0 Å². The first-order chi connectivity index (χ1) is 8.60. The second kappa shape index (κ2) is 6.05. The molecule has 4 heteroatoms. The Labute approximate surface area is 118 Å². The van der Waals surface area contributed by atoms with Gasteiger partial charge in [-0.1, -0.05) is 30.1 Å². The normalized spacial score (nSPS) is 15.1. The Hall–Kier alpha value is -0.570. The Kier molecular flexibility index (Phi) is 4.66. The molecule has 1 fully saturated rings. The molecule has 0 aliphatic heterocycles. The standard InChI is InChI=1S/C14H17Cl2NO/c1-2-17(8-10-3-4-10)9-14(18)11-5-6-12(15)13(16)7-11/h5-7,10H,2-4,8-9H2,1H3. The summed E-state index contributed by atoms with van der Waals surface area (Å²) in [7, 11) is 0. The number of rotatable bonds is 6. The lowest BCUT2D eigenvalue weighted by molar-refractivity contribution is 0.0931. The van der Waals surface area contributed by atoms with Crippen LogP contribution in [0.15, 0.2) is 18.2 Å². The number of carbonyl (C=O) groups excluding carboxylic acids is 1. The molecule has 0 aromatic heterocycles. The monoisotopic (exact) mass is 285 g/mol. The third-order valence-corrected chi connectivity index (χ3v) is 4.01. The van der Waals surface area contributed by atoms with E-state index >= 15 is 0 Å². The molecule has 1 aromatic carbocycles. The third-order valence-electron chi connectivity index (χ3n) is 3.27. The summed E-state index contributed by atoms with van der Waals surface area (Å²) >= 11 is 11.8. The smallest absolute Gasteiger partial charge is 0.176 e. The Morgan fingerprint density at radius 2 is 2.06 bits per heavy atom. The fourth-order valence-electron chi connectivity index (χ4n) is 1.93. The van der Waals surface area contributed by atoms with Crippen LogP contribution in [0.4, 0.5) is 0 Å². The number of ketones is 1. The summed E-state index contributed by atoms with van der Waals surface area (Å²) in [6.07, 6.45) is 2.61. The Morgan fingerprint density at radius 3 is 2.61 bits per heavy atom. The molecule has 2 nitrogen and oxygen atoms in total. The lowest BCUT2D eigenvalue weighted by Crippen LogP contribution is -2.31. The first-order valence-corrected chi connectivity index (χ1v) is 7.06. The average molecular weight is 286 g/mol. The van der Waals surface area contributed by atoms with Crippen molar-refractivity contribution in [3.05, 3.63) is 33.8 Å². The number of hydrogen-bond donors (Lipinski definition) is 0. The van der Waals surface area contributed by atoms with Crippen molar-refractivity contribution in [2.24, 2.45) is 5.92 Å². The maximum atomic E-state index is 12.1. The van der Waals surface area contributed by atoms with E-state index in [2.05, 4.69) is 11.8 Å². The van der Waals surface area contributed by atoms with Crippen molar-refractivity contribution in [3.63, 3.8) is 0 Å². The van der Waals surface area contributed by atoms with Gasteiger partial charge in [-0.05, 0) is 43.5 Å². The topological polar surface area (TPSA) is 20.3 Å². The van der Waals surface area contributed by atoms with E-state index in [0.29, 0.717) is 22.2 Å². The number of carbonyl (C=O) groups is 1. The minimum Gasteiger partial charge on any atom is -0.296 e. The first kappa shape index (κ1) is 13.9. The molecule has 0 unspecified atom stereocenters. The van der Waals surface area contributed by atoms with Gasteiger partial charge in [0.05, 0.1) is 16.6 Å². The van der Waals surface area contributed by atoms with Gasteiger partial charge in [-0.3, -0.25) is 9.69 Å². The maximum absolute atomic E-state index is 12.1. The van der Waals surface area contributed by atoms with Gasteiger partial charge in [0, 0.05) is 12.1 Å². The van der Waals surface area contributed by atoms with E-state index in [-0.39, 0.29) is 5.78 Å². The van der Waals surface area contributed by atoms with Crippen LogP contribution in [0.3, 0.4) is 0 Å². The third kappa shape index (κ3) is 3.71. The van der Waals surface area contributed by atoms with Crippen LogP contribution >= 0.6 is 23.2 Å². The van der Waals surface area contributed by atoms with Crippen LogP contribution < -0.4 is 0 Å². The highest BCUT2D eigenvalue weighted by Crippen LogP contribution is 2.29. The molecule has 1 aliphatic carbocycles. The molecule has 0 amide bonds. The molecule has 0 spiro atoms. The number of benzene rings is 1. The molecule has 1 aromatic rings. The Bertz CT molecular complexity index is 443. The number of halogens is 2. The molecular formula is C14H17Cl2NO. The van der Waals surface area contributed by atoms with Gasteiger partial charge in [0.15, 0.2) is 5.78 Å². The number of nitrogens with zero attached hydrogens (tertiary/aromatic N) is 1. The largest absolute Gasteiger partial charge is 0.296 e. The average Bonchev–Trinajstić information content (AvgIpc) is 3.15. The van der Waals surface area contributed by atoms with Crippen molar-refractivity contribution in [2.45, 2.75) is 19.8 Å². The summed E-state index contributed by atoms with van der Waals surface area (Å²) < 4.78 is 0. The second-order valence-electron chi connectivity index (χ2n) is 4.82. The van der Waals surface area contributed by atoms with E-state index in [4.69, 9.17) is 23.2 Å². The lowest BCUT2D eigenvalue weighted by Gasteiger charge is -2.19. The number of hydrogen-bond acceptors (Lipinski definition) is 2. The van der Waals surface area contributed by atoms with Gasteiger partial charge < -0.3 is 0 Å². The van der Waals surface area contributed by atoms with Gasteiger partial charge >= 0.3 is 0 Å². The minimum absolute atomic E-state index is 0.107. The number of Topliss-reactive ketones (excluding diaryl/α,β-unsaturated/α-hetero) is 1. The molecule has 98 valence electrons. The van der Waals surface area contributed by atoms with E-state index in [1.807, 2.05) is 0 Å². The first-order valence-electron chi connectivity index (χ1n) is 6.30. The summed E-state index contributed by atoms with van der Waals surface area (Å²) in [6.45, 7) is 4.49. The van der Waals surface area contributed by atoms with Crippen LogP contribution in [0, 0.1) is 5.92 Å². The molecule has 18 heavy (non-hydrogen) atoms. The minimum atomic E-state index is 0.107. The lowest BCUT2D eigenvalue weighted by atomic mass is 10.1. The molecule has 1 saturated carbocycles. The molecule has 0 heterocycles. The number of likely N-dealkylation sites (N-methyl/N-ethyl adjacent to an activating group) is 1. The molecule has 0 atom stereocenters. The quantitative estimate of drug-likeness (QED) is 0.739. The SMILES string of the molecule is CCN(CC(=O)c1ccc(Cl)c(Cl)c1)CC1CC1. The van der Waals surface area contributed by atoms with Crippen molar-refractivity contribution < 1.29 is 4.79 Å². The zero-order valence-electron chi connectivity index (χ0n) is 10.5. The Balaban J connectivity index is 1.98. The summed E-state index contributed by atoms with van der Waals surface area (Å²) in [6, 6.07) is 5.06. The maximum Gasteiger partial charge on any atom is 0.176 e. The molecule has 0 radical (unpaired) electrons. The van der Waals surface area contributed by atoms with Crippen LogP contribution in [0.5, 0.6) is 0 Å². The predicted octanol–water partition coefficient (Wildman–Crippen LogP) is 3.91. The van der Waals surface area contributed by atoms with Crippen molar-refractivity contribution in [1.29, 1.82) is 0 Å². The molecule has 0 N–H and O–H groups in total. The van der Waals surface area contributed by atoms with Gasteiger partial charge in [-0.25, -0.2) is 0 Å². The zero-order valence-corrected chi connectivity index (χ0v) is 12.0. The molecule has 0 bridgehead atoms. The van der Waals surface area contributed by atoms with Crippen molar-refractivity contribution in [2.75, 3.05) is 19.6 Å². The fraction of sp³-hybridized carbons (Fsp3) is 0.500. The van der Waals surface area contributed by atoms with Gasteiger partial charge in [-0.2, -0.15) is 0 Å². The van der Waals surface area contributed by atoms with Gasteiger partial charge in [0.2, 0.25) is 0 Å². The van der Waals surface area contributed by atoms with Gasteiger partial charge in [-0.15, -0.1) is 0 Å². The molecule has 0 saturated heterocycles. The van der Waals surface area contributed by atoms with Crippen LogP contribution in [-0.2, 0) is 0 Å². The van der Waals surface area contributed by atoms with Crippen LogP contribution in [0.1, 0.15) is 30.1 Å². The summed E-state index contributed by atoms with van der Waals surface area (Å²) in [5.41, 5.74) is 0.638. The van der Waals surface area contributed by atoms with Gasteiger partial charge in [0.25, 0.3) is 0 Å². The van der Waals surface area contributed by atoms with Crippen LogP contribution in [-0.4, -0.2) is 30.3 Å². The molecule has 1 aliphatic rings. The van der Waals surface area contributed by atoms with E-state index in [9.17, 15) is 4.79 Å². The summed E-state index contributed by atoms with van der Waals surface area (Å²) in [5, 5.41) is 0.923. The fourth-order valence-corrected chi connectivity index (χ4v) is 2.23. The van der Waals surface area contributed by atoms with Crippen molar-refractivity contribution in [3.8, 4) is 0 Å². The predicted molar refractivity (Wildman–Crippen MR) is 75.6 cm³/mol. The Morgan fingerprint density at radius 1 is 1.33 bits per heavy atom. The van der Waals surface area contributed by atoms with Gasteiger partial charge in [0.1, 0.15) is 0 Å². The highest BCUT2D eigenvalue weighted by atomic mass is 35.5. The zero-order chi connectivity index (χ0) is 13.1. The summed E-state index contributed by atoms with van der Waals surface area (Å²) in [4.78, 5) is 14.3. The van der Waals surface area contributed by atoms with Crippen molar-refractivity contribution in [1.82, 2.24) is 4.90 Å². The van der Waals surface area contributed by atoms with E-state index in [1.54, 1.807) is 18.2 Å². The van der Waals surface area contributed by atoms with Crippen LogP contribution in [0.25, 0.3) is 0 Å². The van der Waals surface area contributed by atoms with Crippen LogP contribution in [0.2, 0.25) is 10.0 Å². The highest BCUT2D eigenvalue weighted by molar-refractivity contribution is 6.42. The highest BCUT2D eigenvalue weighted by Gasteiger charge is 2.24. The second-order valence-corrected chi connectivity index (χ2v) is 5.64. The molecular weight excluding hydrogens is 269 g/mol.